The van der Waals surface area contributed by atoms with Crippen molar-refractivity contribution in [2.24, 2.45) is 5.41 Å². The highest BCUT2D eigenvalue weighted by Gasteiger charge is 2.32. The largest absolute Gasteiger partial charge is 0.272 e. The Labute approximate surface area is 83.9 Å². The summed E-state index contributed by atoms with van der Waals surface area (Å²) in [6.45, 7) is 5.00. The van der Waals surface area contributed by atoms with Crippen molar-refractivity contribution in [3.8, 4) is 0 Å². The van der Waals surface area contributed by atoms with Crippen molar-refractivity contribution in [3.63, 3.8) is 0 Å². The molecule has 1 fully saturated rings. The number of rotatable bonds is 2. The summed E-state index contributed by atoms with van der Waals surface area (Å²) in [5, 5.41) is 1.45. The first-order valence-corrected chi connectivity index (χ1v) is 5.12. The van der Waals surface area contributed by atoms with Crippen LogP contribution in [-0.4, -0.2) is 30.0 Å². The van der Waals surface area contributed by atoms with Crippen molar-refractivity contribution in [3.05, 3.63) is 0 Å². The minimum absolute atomic E-state index is 0.0119. The van der Waals surface area contributed by atoms with Crippen LogP contribution in [0.25, 0.3) is 0 Å². The minimum Gasteiger partial charge on any atom is -0.272 e. The van der Waals surface area contributed by atoms with Gasteiger partial charge in [0, 0.05) is 12.4 Å². The van der Waals surface area contributed by atoms with E-state index >= 15 is 0 Å². The quantitative estimate of drug-likeness (QED) is 0.644. The first-order chi connectivity index (χ1) is 6.08. The van der Waals surface area contributed by atoms with Crippen LogP contribution in [-0.2, 0) is 9.63 Å². The predicted octanol–water partition coefficient (Wildman–Crippen LogP) is 1.81. The predicted molar refractivity (Wildman–Crippen MR) is 51.4 cm³/mol. The zero-order valence-electron chi connectivity index (χ0n) is 8.18. The van der Waals surface area contributed by atoms with Crippen LogP contribution in [0.1, 0.15) is 26.7 Å². The number of halogens is 1. The molecule has 0 aliphatic carbocycles. The SMILES string of the molecule is CC(C)(CCl)C(=O)N1CCCCO1. The van der Waals surface area contributed by atoms with Crippen LogP contribution in [0, 0.1) is 5.41 Å². The van der Waals surface area contributed by atoms with E-state index in [0.29, 0.717) is 19.0 Å². The van der Waals surface area contributed by atoms with Gasteiger partial charge < -0.3 is 0 Å². The zero-order valence-corrected chi connectivity index (χ0v) is 8.93. The van der Waals surface area contributed by atoms with Crippen LogP contribution in [0.4, 0.5) is 0 Å². The van der Waals surface area contributed by atoms with E-state index in [-0.39, 0.29) is 5.91 Å². The molecule has 0 N–H and O–H groups in total. The van der Waals surface area contributed by atoms with Crippen molar-refractivity contribution in [1.29, 1.82) is 0 Å². The third-order valence-electron chi connectivity index (χ3n) is 2.14. The van der Waals surface area contributed by atoms with E-state index in [1.165, 1.54) is 5.06 Å². The number of hydrogen-bond acceptors (Lipinski definition) is 2. The summed E-state index contributed by atoms with van der Waals surface area (Å²) in [5.41, 5.74) is -0.515. The van der Waals surface area contributed by atoms with Crippen LogP contribution >= 0.6 is 11.6 Å². The number of amides is 1. The van der Waals surface area contributed by atoms with Gasteiger partial charge in [0.05, 0.1) is 12.0 Å². The van der Waals surface area contributed by atoms with Gasteiger partial charge in [0.2, 0.25) is 0 Å². The number of carbonyl (C=O) groups is 1. The summed E-state index contributed by atoms with van der Waals surface area (Å²) >= 11 is 5.70. The fraction of sp³-hybridized carbons (Fsp3) is 0.889. The first-order valence-electron chi connectivity index (χ1n) is 4.59. The highest BCUT2D eigenvalue weighted by Crippen LogP contribution is 2.22. The molecule has 0 bridgehead atoms. The first kappa shape index (κ1) is 10.8. The molecule has 0 aromatic heterocycles. The van der Waals surface area contributed by atoms with Gasteiger partial charge in [-0.15, -0.1) is 11.6 Å². The van der Waals surface area contributed by atoms with Gasteiger partial charge >= 0.3 is 0 Å². The van der Waals surface area contributed by atoms with Crippen LogP contribution in [0.15, 0.2) is 0 Å². The summed E-state index contributed by atoms with van der Waals surface area (Å²) < 4.78 is 0. The van der Waals surface area contributed by atoms with Gasteiger partial charge in [-0.2, -0.15) is 0 Å². The molecule has 3 nitrogen and oxygen atoms in total. The van der Waals surface area contributed by atoms with Crippen LogP contribution < -0.4 is 0 Å². The summed E-state index contributed by atoms with van der Waals surface area (Å²) in [6.07, 6.45) is 2.05. The van der Waals surface area contributed by atoms with E-state index in [0.717, 1.165) is 12.8 Å². The van der Waals surface area contributed by atoms with Crippen LogP contribution in [0.5, 0.6) is 0 Å². The van der Waals surface area contributed by atoms with Crippen molar-refractivity contribution < 1.29 is 9.63 Å². The molecule has 1 heterocycles. The Morgan fingerprint density at radius 3 is 2.69 bits per heavy atom. The fourth-order valence-electron chi connectivity index (χ4n) is 1.15. The number of carbonyl (C=O) groups excluding carboxylic acids is 1. The maximum Gasteiger partial charge on any atom is 0.252 e. The van der Waals surface area contributed by atoms with Crippen LogP contribution in [0.3, 0.4) is 0 Å². The molecule has 0 spiro atoms. The van der Waals surface area contributed by atoms with Crippen molar-refractivity contribution in [2.45, 2.75) is 26.7 Å². The lowest BCUT2D eigenvalue weighted by Crippen LogP contribution is -2.44. The van der Waals surface area contributed by atoms with Gasteiger partial charge in [0.25, 0.3) is 5.91 Å². The molecule has 0 aromatic carbocycles. The summed E-state index contributed by atoms with van der Waals surface area (Å²) in [6, 6.07) is 0. The molecule has 0 unspecified atom stereocenters. The Morgan fingerprint density at radius 1 is 1.54 bits per heavy atom. The lowest BCUT2D eigenvalue weighted by atomic mass is 9.95. The van der Waals surface area contributed by atoms with Crippen LogP contribution in [0.2, 0.25) is 0 Å². The van der Waals surface area contributed by atoms with Gasteiger partial charge in [0.1, 0.15) is 0 Å². The second-order valence-electron chi connectivity index (χ2n) is 3.97. The average molecular weight is 206 g/mol. The van der Waals surface area contributed by atoms with Gasteiger partial charge in [-0.1, -0.05) is 0 Å². The normalized spacial score (nSPS) is 18.8. The maximum atomic E-state index is 11.8. The van der Waals surface area contributed by atoms with Crippen molar-refractivity contribution in [1.82, 2.24) is 5.06 Å². The second-order valence-corrected chi connectivity index (χ2v) is 4.23. The molecule has 1 saturated heterocycles. The minimum atomic E-state index is -0.515. The lowest BCUT2D eigenvalue weighted by Gasteiger charge is -2.32. The van der Waals surface area contributed by atoms with Gasteiger partial charge in [-0.25, -0.2) is 5.06 Å². The molecule has 1 amide bonds. The van der Waals surface area contributed by atoms with E-state index in [2.05, 4.69) is 0 Å². The molecule has 13 heavy (non-hydrogen) atoms. The average Bonchev–Trinajstić information content (AvgIpc) is 2.18. The topological polar surface area (TPSA) is 29.5 Å². The van der Waals surface area contributed by atoms with E-state index in [1.54, 1.807) is 0 Å². The third-order valence-corrected chi connectivity index (χ3v) is 2.81. The molecular weight excluding hydrogens is 190 g/mol. The molecule has 0 radical (unpaired) electrons. The summed E-state index contributed by atoms with van der Waals surface area (Å²) in [4.78, 5) is 17.0. The fourth-order valence-corrected chi connectivity index (χ4v) is 1.27. The molecule has 1 aliphatic rings. The summed E-state index contributed by atoms with van der Waals surface area (Å²) in [5.74, 6) is 0.313. The Bertz CT molecular complexity index is 188. The zero-order chi connectivity index (χ0) is 9.90. The molecule has 0 saturated carbocycles. The molecule has 1 aliphatic heterocycles. The Morgan fingerprint density at radius 2 is 2.23 bits per heavy atom. The number of nitrogens with zero attached hydrogens (tertiary/aromatic N) is 1. The van der Waals surface area contributed by atoms with Crippen molar-refractivity contribution in [2.75, 3.05) is 19.0 Å². The molecular formula is C9H16ClNO2. The van der Waals surface area contributed by atoms with Crippen molar-refractivity contribution >= 4 is 17.5 Å². The highest BCUT2D eigenvalue weighted by atomic mass is 35.5. The molecule has 4 heteroatoms. The van der Waals surface area contributed by atoms with E-state index in [9.17, 15) is 4.79 Å². The summed E-state index contributed by atoms with van der Waals surface area (Å²) in [7, 11) is 0. The second kappa shape index (κ2) is 4.29. The van der Waals surface area contributed by atoms with Gasteiger partial charge in [-0.3, -0.25) is 9.63 Å². The van der Waals surface area contributed by atoms with E-state index in [1.807, 2.05) is 13.8 Å². The number of hydrogen-bond donors (Lipinski definition) is 0. The monoisotopic (exact) mass is 205 g/mol. The third kappa shape index (κ3) is 2.58. The number of alkyl halides is 1. The van der Waals surface area contributed by atoms with E-state index in [4.69, 9.17) is 16.4 Å². The Balaban J connectivity index is 2.55. The molecule has 0 aromatic rings. The number of hydroxylamine groups is 2. The smallest absolute Gasteiger partial charge is 0.252 e. The molecule has 0 atom stereocenters. The Kier molecular flexibility index (Phi) is 3.56. The highest BCUT2D eigenvalue weighted by molar-refractivity contribution is 6.19. The Hall–Kier alpha value is -0.280. The van der Waals surface area contributed by atoms with Gasteiger partial charge in [-0.05, 0) is 26.7 Å². The van der Waals surface area contributed by atoms with Gasteiger partial charge in [0.15, 0.2) is 0 Å². The lowest BCUT2D eigenvalue weighted by molar-refractivity contribution is -0.204. The van der Waals surface area contributed by atoms with E-state index < -0.39 is 5.41 Å². The maximum absolute atomic E-state index is 11.8. The molecule has 76 valence electrons. The molecule has 1 rings (SSSR count). The standard InChI is InChI=1S/C9H16ClNO2/c1-9(2,7-10)8(12)11-5-3-4-6-13-11/h3-7H2,1-2H3.